The number of fused-ring (bicyclic) bond motifs is 1. The smallest absolute Gasteiger partial charge is 0.125 e. The van der Waals surface area contributed by atoms with E-state index in [1.165, 1.54) is 11.1 Å². The van der Waals surface area contributed by atoms with Gasteiger partial charge in [0.15, 0.2) is 0 Å². The minimum Gasteiger partial charge on any atom is -0.493 e. The Hall–Kier alpha value is -0.730. The second-order valence-electron chi connectivity index (χ2n) is 4.58. The first kappa shape index (κ1) is 12.7. The number of nitrogens with one attached hydrogen (secondary N) is 1. The summed E-state index contributed by atoms with van der Waals surface area (Å²) in [6.45, 7) is 3.01. The second-order valence-corrected chi connectivity index (χ2v) is 5.02. The Morgan fingerprint density at radius 1 is 1.47 bits per heavy atom. The summed E-state index contributed by atoms with van der Waals surface area (Å²) in [5, 5.41) is 4.17. The van der Waals surface area contributed by atoms with Crippen LogP contribution in [0.15, 0.2) is 12.1 Å². The molecule has 1 aromatic rings. The van der Waals surface area contributed by atoms with Gasteiger partial charge >= 0.3 is 0 Å². The van der Waals surface area contributed by atoms with Crippen LogP contribution in [-0.2, 0) is 12.8 Å². The topological polar surface area (TPSA) is 21.3 Å². The van der Waals surface area contributed by atoms with Crippen LogP contribution in [0.3, 0.4) is 0 Å². The molecule has 0 spiro atoms. The fourth-order valence-corrected chi connectivity index (χ4v) is 2.68. The van der Waals surface area contributed by atoms with Gasteiger partial charge < -0.3 is 10.1 Å². The lowest BCUT2D eigenvalue weighted by molar-refractivity contribution is 0.352. The minimum absolute atomic E-state index is 0.575. The lowest BCUT2D eigenvalue weighted by Gasteiger charge is -2.15. The Morgan fingerprint density at radius 3 is 3.00 bits per heavy atom. The van der Waals surface area contributed by atoms with Gasteiger partial charge in [0.1, 0.15) is 5.75 Å². The SMILES string of the molecule is CCC(CCc1cc(Cl)cc2c1OCC2)NC. The Kier molecular flexibility index (Phi) is 4.30. The van der Waals surface area contributed by atoms with Gasteiger partial charge in [0.05, 0.1) is 6.61 Å². The van der Waals surface area contributed by atoms with Gasteiger partial charge in [0.2, 0.25) is 0 Å². The summed E-state index contributed by atoms with van der Waals surface area (Å²) < 4.78 is 5.71. The van der Waals surface area contributed by atoms with Gasteiger partial charge in [-0.25, -0.2) is 0 Å². The average Bonchev–Trinajstić information content (AvgIpc) is 2.78. The molecule has 17 heavy (non-hydrogen) atoms. The molecular formula is C14H20ClNO. The molecule has 2 rings (SSSR count). The van der Waals surface area contributed by atoms with E-state index >= 15 is 0 Å². The summed E-state index contributed by atoms with van der Waals surface area (Å²) in [6, 6.07) is 4.66. The van der Waals surface area contributed by atoms with E-state index in [0.717, 1.165) is 43.1 Å². The van der Waals surface area contributed by atoms with Crippen molar-refractivity contribution in [2.24, 2.45) is 0 Å². The molecule has 0 saturated heterocycles. The number of rotatable bonds is 5. The van der Waals surface area contributed by atoms with Crippen molar-refractivity contribution in [3.8, 4) is 5.75 Å². The molecular weight excluding hydrogens is 234 g/mol. The first-order chi connectivity index (χ1) is 8.24. The summed E-state index contributed by atoms with van der Waals surface area (Å²) in [5.74, 6) is 1.08. The van der Waals surface area contributed by atoms with Crippen molar-refractivity contribution in [1.29, 1.82) is 0 Å². The molecule has 1 aliphatic rings. The number of hydrogen-bond acceptors (Lipinski definition) is 2. The van der Waals surface area contributed by atoms with Crippen molar-refractivity contribution in [2.75, 3.05) is 13.7 Å². The molecule has 1 unspecified atom stereocenters. The maximum atomic E-state index is 6.14. The van der Waals surface area contributed by atoms with Crippen LogP contribution in [0.1, 0.15) is 30.9 Å². The van der Waals surface area contributed by atoms with Crippen LogP contribution >= 0.6 is 11.6 Å². The lowest BCUT2D eigenvalue weighted by atomic mass is 10.0. The van der Waals surface area contributed by atoms with Crippen molar-refractivity contribution < 1.29 is 4.74 Å². The molecule has 0 radical (unpaired) electrons. The highest BCUT2D eigenvalue weighted by Gasteiger charge is 2.17. The number of aryl methyl sites for hydroxylation is 1. The van der Waals surface area contributed by atoms with E-state index in [-0.39, 0.29) is 0 Å². The number of benzene rings is 1. The van der Waals surface area contributed by atoms with Crippen molar-refractivity contribution in [3.63, 3.8) is 0 Å². The predicted octanol–water partition coefficient (Wildman–Crippen LogP) is 3.21. The highest BCUT2D eigenvalue weighted by atomic mass is 35.5. The molecule has 94 valence electrons. The number of halogens is 1. The van der Waals surface area contributed by atoms with E-state index in [1.54, 1.807) is 0 Å². The van der Waals surface area contributed by atoms with Gasteiger partial charge in [-0.2, -0.15) is 0 Å². The highest BCUT2D eigenvalue weighted by Crippen LogP contribution is 2.33. The van der Waals surface area contributed by atoms with Gasteiger partial charge in [0.25, 0.3) is 0 Å². The zero-order valence-corrected chi connectivity index (χ0v) is 11.3. The molecule has 0 saturated carbocycles. The Bertz CT molecular complexity index is 388. The number of ether oxygens (including phenoxy) is 1. The van der Waals surface area contributed by atoms with E-state index in [0.29, 0.717) is 6.04 Å². The van der Waals surface area contributed by atoms with Gasteiger partial charge in [-0.05, 0) is 49.6 Å². The minimum atomic E-state index is 0.575. The van der Waals surface area contributed by atoms with Crippen LogP contribution in [0.2, 0.25) is 5.02 Å². The maximum absolute atomic E-state index is 6.14. The normalized spacial score (nSPS) is 15.5. The van der Waals surface area contributed by atoms with E-state index < -0.39 is 0 Å². The summed E-state index contributed by atoms with van der Waals surface area (Å²) in [6.07, 6.45) is 4.30. The maximum Gasteiger partial charge on any atom is 0.125 e. The van der Waals surface area contributed by atoms with Gasteiger partial charge in [-0.1, -0.05) is 18.5 Å². The molecule has 1 heterocycles. The predicted molar refractivity (Wildman–Crippen MR) is 72.1 cm³/mol. The third-order valence-corrected chi connectivity index (χ3v) is 3.71. The van der Waals surface area contributed by atoms with Crippen molar-refractivity contribution >= 4 is 11.6 Å². The molecule has 1 aromatic carbocycles. The van der Waals surface area contributed by atoms with Crippen LogP contribution in [-0.4, -0.2) is 19.7 Å². The molecule has 3 heteroatoms. The van der Waals surface area contributed by atoms with E-state index in [9.17, 15) is 0 Å². The zero-order valence-electron chi connectivity index (χ0n) is 10.6. The first-order valence-corrected chi connectivity index (χ1v) is 6.73. The Balaban J connectivity index is 2.10. The Morgan fingerprint density at radius 2 is 2.29 bits per heavy atom. The largest absolute Gasteiger partial charge is 0.493 e. The quantitative estimate of drug-likeness (QED) is 0.870. The molecule has 1 aliphatic heterocycles. The van der Waals surface area contributed by atoms with Gasteiger partial charge in [-0.15, -0.1) is 0 Å². The molecule has 0 aliphatic carbocycles. The van der Waals surface area contributed by atoms with Crippen molar-refractivity contribution in [3.05, 3.63) is 28.3 Å². The molecule has 1 N–H and O–H groups in total. The summed E-state index contributed by atoms with van der Waals surface area (Å²) in [5.41, 5.74) is 2.53. The van der Waals surface area contributed by atoms with Crippen LogP contribution in [0, 0.1) is 0 Å². The molecule has 1 atom stereocenters. The summed E-state index contributed by atoms with van der Waals surface area (Å²) in [7, 11) is 2.02. The van der Waals surface area contributed by atoms with Crippen LogP contribution in [0.4, 0.5) is 0 Å². The second kappa shape index (κ2) is 5.74. The third kappa shape index (κ3) is 2.93. The van der Waals surface area contributed by atoms with Crippen LogP contribution in [0.25, 0.3) is 0 Å². The van der Waals surface area contributed by atoms with E-state index in [2.05, 4.69) is 12.2 Å². The zero-order chi connectivity index (χ0) is 12.3. The average molecular weight is 254 g/mol. The van der Waals surface area contributed by atoms with Crippen LogP contribution in [0.5, 0.6) is 5.75 Å². The Labute approximate surface area is 108 Å². The van der Waals surface area contributed by atoms with Gasteiger partial charge in [0, 0.05) is 17.5 Å². The molecule has 0 fully saturated rings. The first-order valence-electron chi connectivity index (χ1n) is 6.36. The summed E-state index contributed by atoms with van der Waals surface area (Å²) in [4.78, 5) is 0. The standard InChI is InChI=1S/C14H20ClNO/c1-3-13(16-2)5-4-10-8-12(15)9-11-6-7-17-14(10)11/h8-9,13,16H,3-7H2,1-2H3. The highest BCUT2D eigenvalue weighted by molar-refractivity contribution is 6.30. The van der Waals surface area contributed by atoms with E-state index in [4.69, 9.17) is 16.3 Å². The van der Waals surface area contributed by atoms with E-state index in [1.807, 2.05) is 19.2 Å². The number of hydrogen-bond donors (Lipinski definition) is 1. The monoisotopic (exact) mass is 253 g/mol. The lowest BCUT2D eigenvalue weighted by Crippen LogP contribution is -2.24. The third-order valence-electron chi connectivity index (χ3n) is 3.49. The summed E-state index contributed by atoms with van der Waals surface area (Å²) >= 11 is 6.14. The fraction of sp³-hybridized carbons (Fsp3) is 0.571. The van der Waals surface area contributed by atoms with Crippen LogP contribution < -0.4 is 10.1 Å². The molecule has 0 aromatic heterocycles. The molecule has 0 bridgehead atoms. The van der Waals surface area contributed by atoms with Gasteiger partial charge in [-0.3, -0.25) is 0 Å². The fourth-order valence-electron chi connectivity index (χ4n) is 2.41. The van der Waals surface area contributed by atoms with Crippen molar-refractivity contribution in [1.82, 2.24) is 5.32 Å². The van der Waals surface area contributed by atoms with Crippen molar-refractivity contribution in [2.45, 2.75) is 38.6 Å². The molecule has 0 amide bonds. The molecule has 2 nitrogen and oxygen atoms in total.